The van der Waals surface area contributed by atoms with Crippen LogP contribution in [0.4, 0.5) is 13.2 Å². The summed E-state index contributed by atoms with van der Waals surface area (Å²) in [6, 6.07) is 10.3. The van der Waals surface area contributed by atoms with Crippen molar-refractivity contribution < 1.29 is 21.6 Å². The lowest BCUT2D eigenvalue weighted by molar-refractivity contribution is -0.137. The van der Waals surface area contributed by atoms with Crippen LogP contribution in [0.3, 0.4) is 0 Å². The Morgan fingerprint density at radius 3 is 2.54 bits per heavy atom. The van der Waals surface area contributed by atoms with Gasteiger partial charge in [-0.3, -0.25) is 4.98 Å². The van der Waals surface area contributed by atoms with Gasteiger partial charge in [-0.2, -0.15) is 30.2 Å². The van der Waals surface area contributed by atoms with E-state index in [0.29, 0.717) is 36.5 Å². The Labute approximate surface area is 163 Å². The Morgan fingerprint density at radius 1 is 1.14 bits per heavy atom. The zero-order valence-corrected chi connectivity index (χ0v) is 16.5. The van der Waals surface area contributed by atoms with E-state index in [-0.39, 0.29) is 5.92 Å². The fourth-order valence-corrected chi connectivity index (χ4v) is 4.51. The molecule has 0 bridgehead atoms. The molecule has 0 N–H and O–H groups in total. The van der Waals surface area contributed by atoms with Crippen molar-refractivity contribution in [3.05, 3.63) is 53.7 Å². The van der Waals surface area contributed by atoms with Crippen LogP contribution in [0.2, 0.25) is 0 Å². The van der Waals surface area contributed by atoms with E-state index in [1.807, 2.05) is 0 Å². The lowest BCUT2D eigenvalue weighted by Gasteiger charge is -2.33. The molecule has 1 unspecified atom stereocenters. The van der Waals surface area contributed by atoms with E-state index < -0.39 is 21.9 Å². The molecule has 1 saturated heterocycles. The van der Waals surface area contributed by atoms with Crippen molar-refractivity contribution in [3.63, 3.8) is 0 Å². The van der Waals surface area contributed by atoms with Gasteiger partial charge < -0.3 is 0 Å². The van der Waals surface area contributed by atoms with Gasteiger partial charge in [-0.15, -0.1) is 0 Å². The lowest BCUT2D eigenvalue weighted by Crippen LogP contribution is -2.45. The molecule has 2 heterocycles. The van der Waals surface area contributed by atoms with Crippen molar-refractivity contribution in [2.75, 3.05) is 27.2 Å². The lowest BCUT2D eigenvalue weighted by atomic mass is 9.95. The number of pyridine rings is 1. The van der Waals surface area contributed by atoms with Crippen molar-refractivity contribution in [1.82, 2.24) is 13.6 Å². The second-order valence-electron chi connectivity index (χ2n) is 7.01. The van der Waals surface area contributed by atoms with Crippen LogP contribution in [-0.2, 0) is 16.4 Å². The fraction of sp³-hybridized carbons (Fsp3) is 0.421. The molecule has 1 aliphatic heterocycles. The molecular weight excluding hydrogens is 391 g/mol. The summed E-state index contributed by atoms with van der Waals surface area (Å²) in [5, 5.41) is 0. The summed E-state index contributed by atoms with van der Waals surface area (Å²) >= 11 is 0. The summed E-state index contributed by atoms with van der Waals surface area (Å²) in [5.74, 6) is -0.103. The minimum atomic E-state index is -4.42. The minimum Gasteiger partial charge on any atom is -0.252 e. The highest BCUT2D eigenvalue weighted by Gasteiger charge is 2.32. The molecule has 5 nitrogen and oxygen atoms in total. The topological polar surface area (TPSA) is 53.5 Å². The summed E-state index contributed by atoms with van der Waals surface area (Å²) in [4.78, 5) is 4.55. The molecule has 0 aliphatic carbocycles. The Hall–Kier alpha value is -1.97. The van der Waals surface area contributed by atoms with E-state index in [1.165, 1.54) is 28.8 Å². The first-order valence-electron chi connectivity index (χ1n) is 8.91. The maximum absolute atomic E-state index is 13.0. The number of hydrogen-bond acceptors (Lipinski definition) is 3. The van der Waals surface area contributed by atoms with Gasteiger partial charge in [-0.1, -0.05) is 18.2 Å². The predicted octanol–water partition coefficient (Wildman–Crippen LogP) is 3.75. The van der Waals surface area contributed by atoms with Crippen molar-refractivity contribution in [2.24, 2.45) is 0 Å². The van der Waals surface area contributed by atoms with E-state index in [0.717, 1.165) is 18.6 Å². The van der Waals surface area contributed by atoms with Crippen LogP contribution < -0.4 is 0 Å². The highest BCUT2D eigenvalue weighted by Crippen LogP contribution is 2.33. The molecule has 152 valence electrons. The zero-order chi connectivity index (χ0) is 20.5. The van der Waals surface area contributed by atoms with Gasteiger partial charge in [0, 0.05) is 44.4 Å². The highest BCUT2D eigenvalue weighted by atomic mass is 32.2. The third-order valence-corrected chi connectivity index (χ3v) is 6.75. The summed E-state index contributed by atoms with van der Waals surface area (Å²) in [6.45, 7) is 0.754. The monoisotopic (exact) mass is 413 g/mol. The third kappa shape index (κ3) is 4.37. The number of aromatic nitrogens is 1. The Morgan fingerprint density at radius 2 is 1.86 bits per heavy atom. The maximum atomic E-state index is 13.0. The average Bonchev–Trinajstić information content (AvgIpc) is 2.67. The molecule has 9 heteroatoms. The minimum absolute atomic E-state index is 0.103. The van der Waals surface area contributed by atoms with E-state index in [1.54, 1.807) is 24.3 Å². The Kier molecular flexibility index (Phi) is 5.79. The second-order valence-corrected chi connectivity index (χ2v) is 9.16. The summed E-state index contributed by atoms with van der Waals surface area (Å²) in [5.41, 5.74) is 0.785. The van der Waals surface area contributed by atoms with Gasteiger partial charge in [0.2, 0.25) is 0 Å². The third-order valence-electron chi connectivity index (χ3n) is 4.85. The summed E-state index contributed by atoms with van der Waals surface area (Å²) < 4.78 is 66.4. The van der Waals surface area contributed by atoms with Gasteiger partial charge in [-0.25, -0.2) is 0 Å². The highest BCUT2D eigenvalue weighted by molar-refractivity contribution is 7.86. The maximum Gasteiger partial charge on any atom is 0.416 e. The molecule has 2 aromatic rings. The first-order valence-corrected chi connectivity index (χ1v) is 10.3. The second kappa shape index (κ2) is 7.81. The van der Waals surface area contributed by atoms with Crippen LogP contribution >= 0.6 is 0 Å². The molecule has 1 fully saturated rings. The van der Waals surface area contributed by atoms with Gasteiger partial charge in [0.05, 0.1) is 11.3 Å². The van der Waals surface area contributed by atoms with Crippen molar-refractivity contribution in [3.8, 4) is 11.3 Å². The average molecular weight is 413 g/mol. The number of alkyl halides is 3. The number of halogens is 3. The van der Waals surface area contributed by atoms with E-state index in [4.69, 9.17) is 0 Å². The molecule has 0 radical (unpaired) electrons. The summed E-state index contributed by atoms with van der Waals surface area (Å²) in [6.07, 6.45) is -2.94. The summed E-state index contributed by atoms with van der Waals surface area (Å²) in [7, 11) is -0.528. The SMILES string of the molecule is CN(C)S(=O)(=O)N1CCCC(c2cccc(-c3cccc(C(F)(F)F)c3)n2)C1. The number of nitrogens with zero attached hydrogens (tertiary/aromatic N) is 3. The van der Waals surface area contributed by atoms with Crippen molar-refractivity contribution >= 4 is 10.2 Å². The molecule has 0 amide bonds. The Bertz CT molecular complexity index is 945. The first kappa shape index (κ1) is 20.8. The smallest absolute Gasteiger partial charge is 0.252 e. The quantitative estimate of drug-likeness (QED) is 0.767. The molecule has 1 atom stereocenters. The Balaban J connectivity index is 1.88. The number of rotatable bonds is 4. The van der Waals surface area contributed by atoms with Crippen LogP contribution in [0.15, 0.2) is 42.5 Å². The van der Waals surface area contributed by atoms with Crippen LogP contribution in [0.25, 0.3) is 11.3 Å². The van der Waals surface area contributed by atoms with Gasteiger partial charge in [0.25, 0.3) is 10.2 Å². The standard InChI is InChI=1S/C19H22F3N3O2S/c1-24(2)28(26,27)25-11-5-7-15(13-25)18-10-4-9-17(23-18)14-6-3-8-16(12-14)19(20,21)22/h3-4,6,8-10,12,15H,5,7,11,13H2,1-2H3. The molecule has 3 rings (SSSR count). The normalized spacial score (nSPS) is 19.1. The molecule has 0 spiro atoms. The van der Waals surface area contributed by atoms with Crippen molar-refractivity contribution in [2.45, 2.75) is 24.9 Å². The number of piperidine rings is 1. The largest absolute Gasteiger partial charge is 0.416 e. The first-order chi connectivity index (χ1) is 13.1. The molecule has 0 saturated carbocycles. The number of benzene rings is 1. The molecule has 1 aromatic heterocycles. The van der Waals surface area contributed by atoms with E-state index in [2.05, 4.69) is 4.98 Å². The van der Waals surface area contributed by atoms with Crippen LogP contribution in [0.5, 0.6) is 0 Å². The number of hydrogen-bond donors (Lipinski definition) is 0. The zero-order valence-electron chi connectivity index (χ0n) is 15.6. The van der Waals surface area contributed by atoms with Crippen LogP contribution in [0.1, 0.15) is 30.0 Å². The van der Waals surface area contributed by atoms with Gasteiger partial charge in [-0.05, 0) is 37.1 Å². The van der Waals surface area contributed by atoms with Gasteiger partial charge in [0.1, 0.15) is 0 Å². The van der Waals surface area contributed by atoms with E-state index >= 15 is 0 Å². The molecule has 28 heavy (non-hydrogen) atoms. The van der Waals surface area contributed by atoms with Gasteiger partial charge >= 0.3 is 6.18 Å². The van der Waals surface area contributed by atoms with Crippen LogP contribution in [0, 0.1) is 0 Å². The fourth-order valence-electron chi connectivity index (χ4n) is 3.32. The molecule has 1 aromatic carbocycles. The molecule has 1 aliphatic rings. The van der Waals surface area contributed by atoms with Crippen molar-refractivity contribution in [1.29, 1.82) is 0 Å². The van der Waals surface area contributed by atoms with E-state index in [9.17, 15) is 21.6 Å². The van der Waals surface area contributed by atoms with Crippen LogP contribution in [-0.4, -0.2) is 49.2 Å². The van der Waals surface area contributed by atoms with Gasteiger partial charge in [0.15, 0.2) is 0 Å². The predicted molar refractivity (Wildman–Crippen MR) is 101 cm³/mol. The molecular formula is C19H22F3N3O2S.